The molecular weight excluding hydrogens is 306 g/mol. The second kappa shape index (κ2) is 13.8. The third kappa shape index (κ3) is 11.0. The summed E-state index contributed by atoms with van der Waals surface area (Å²) in [6.45, 7) is 4.72. The summed E-state index contributed by atoms with van der Waals surface area (Å²) in [5.74, 6) is 0.985. The van der Waals surface area contributed by atoms with Crippen molar-refractivity contribution in [1.29, 1.82) is 0 Å². The second-order valence-electron chi connectivity index (χ2n) is 5.76. The Kier molecular flexibility index (Phi) is 11.8. The highest BCUT2D eigenvalue weighted by Gasteiger charge is 1.96. The molecule has 1 rings (SSSR count). The van der Waals surface area contributed by atoms with Crippen LogP contribution in [0.5, 0.6) is 5.75 Å². The molecule has 0 radical (unpaired) electrons. The summed E-state index contributed by atoms with van der Waals surface area (Å²) >= 11 is 0. The van der Waals surface area contributed by atoms with Gasteiger partial charge in [-0.1, -0.05) is 0 Å². The fourth-order valence-corrected chi connectivity index (χ4v) is 2.12. The van der Waals surface area contributed by atoms with Crippen LogP contribution < -0.4 is 10.1 Å². The molecule has 0 spiro atoms. The van der Waals surface area contributed by atoms with Crippen LogP contribution in [0.4, 0.5) is 5.69 Å². The maximum atomic E-state index is 10.7. The lowest BCUT2D eigenvalue weighted by molar-refractivity contribution is -0.121. The third-order valence-electron chi connectivity index (χ3n) is 3.48. The minimum absolute atomic E-state index is 0.0808. The van der Waals surface area contributed by atoms with E-state index in [9.17, 15) is 4.79 Å². The van der Waals surface area contributed by atoms with Gasteiger partial charge in [-0.2, -0.15) is 0 Å². The van der Waals surface area contributed by atoms with Crippen molar-refractivity contribution in [1.82, 2.24) is 0 Å². The van der Waals surface area contributed by atoms with Crippen molar-refractivity contribution in [3.8, 4) is 5.75 Å². The monoisotopic (exact) mass is 337 g/mol. The fraction of sp³-hybridized carbons (Fsp3) is 0.632. The van der Waals surface area contributed by atoms with E-state index in [-0.39, 0.29) is 12.4 Å². The van der Waals surface area contributed by atoms with Gasteiger partial charge in [0.05, 0.1) is 6.61 Å². The Morgan fingerprint density at radius 3 is 2.08 bits per heavy atom. The lowest BCUT2D eigenvalue weighted by Crippen LogP contribution is -2.05. The first-order valence-corrected chi connectivity index (χ1v) is 8.78. The topological polar surface area (TPSA) is 56.8 Å². The maximum absolute atomic E-state index is 10.7. The van der Waals surface area contributed by atoms with Gasteiger partial charge in [0.25, 0.3) is 0 Å². The molecule has 0 unspecified atom stereocenters. The highest BCUT2D eigenvalue weighted by molar-refractivity contribution is 5.76. The molecule has 0 amide bonds. The number of ketones is 1. The van der Waals surface area contributed by atoms with Crippen molar-refractivity contribution in [2.75, 3.05) is 45.4 Å². The molecule has 1 N–H and O–H groups in total. The summed E-state index contributed by atoms with van der Waals surface area (Å²) in [5.41, 5.74) is 1.08. The van der Waals surface area contributed by atoms with Crippen molar-refractivity contribution in [2.24, 2.45) is 0 Å². The number of hydrogen-bond acceptors (Lipinski definition) is 5. The number of nitrogens with one attached hydrogen (secondary N) is 1. The van der Waals surface area contributed by atoms with E-state index >= 15 is 0 Å². The molecule has 1 aromatic carbocycles. The Morgan fingerprint density at radius 1 is 0.875 bits per heavy atom. The molecule has 24 heavy (non-hydrogen) atoms. The van der Waals surface area contributed by atoms with Gasteiger partial charge in [-0.15, -0.1) is 0 Å². The molecule has 0 aromatic heterocycles. The van der Waals surface area contributed by atoms with Gasteiger partial charge in [0, 0.05) is 32.6 Å². The predicted octanol–water partition coefficient (Wildman–Crippen LogP) is 3.68. The number of rotatable bonds is 15. The summed E-state index contributed by atoms with van der Waals surface area (Å²) in [7, 11) is 1.90. The van der Waals surface area contributed by atoms with Gasteiger partial charge in [0.15, 0.2) is 5.78 Å². The van der Waals surface area contributed by atoms with E-state index in [4.69, 9.17) is 14.2 Å². The standard InChI is InChI=1S/C19H31NO4/c1-17(21)16-23-14-5-3-4-12-22-13-6-7-15-24-19-10-8-18(20-2)9-11-19/h8-11,20H,3-7,12-16H2,1-2H3. The summed E-state index contributed by atoms with van der Waals surface area (Å²) in [6.07, 6.45) is 5.10. The summed E-state index contributed by atoms with van der Waals surface area (Å²) in [4.78, 5) is 10.7. The van der Waals surface area contributed by atoms with Crippen molar-refractivity contribution < 1.29 is 19.0 Å². The molecule has 0 aliphatic heterocycles. The van der Waals surface area contributed by atoms with Crippen molar-refractivity contribution in [3.63, 3.8) is 0 Å². The first kappa shape index (κ1) is 20.5. The molecule has 0 heterocycles. The number of anilines is 1. The minimum Gasteiger partial charge on any atom is -0.494 e. The predicted molar refractivity (Wildman–Crippen MR) is 96.9 cm³/mol. The van der Waals surface area contributed by atoms with Crippen LogP contribution in [0.2, 0.25) is 0 Å². The highest BCUT2D eigenvalue weighted by Crippen LogP contribution is 2.15. The van der Waals surface area contributed by atoms with Gasteiger partial charge in [0.2, 0.25) is 0 Å². The maximum Gasteiger partial charge on any atom is 0.155 e. The largest absolute Gasteiger partial charge is 0.494 e. The number of carbonyl (C=O) groups excluding carboxylic acids is 1. The SMILES string of the molecule is CNc1ccc(OCCCCOCCCCCOCC(C)=O)cc1. The first-order valence-electron chi connectivity index (χ1n) is 8.78. The molecular formula is C19H31NO4. The van der Waals surface area contributed by atoms with Crippen LogP contribution in [0, 0.1) is 0 Å². The zero-order valence-electron chi connectivity index (χ0n) is 15.0. The lowest BCUT2D eigenvalue weighted by Gasteiger charge is -2.08. The van der Waals surface area contributed by atoms with Gasteiger partial charge in [-0.05, 0) is 63.3 Å². The second-order valence-corrected chi connectivity index (χ2v) is 5.76. The van der Waals surface area contributed by atoms with Crippen LogP contribution in [-0.2, 0) is 14.3 Å². The number of ether oxygens (including phenoxy) is 3. The van der Waals surface area contributed by atoms with E-state index in [1.807, 2.05) is 31.3 Å². The van der Waals surface area contributed by atoms with Crippen LogP contribution in [-0.4, -0.2) is 45.9 Å². The Balaban J connectivity index is 1.82. The van der Waals surface area contributed by atoms with Crippen molar-refractivity contribution >= 4 is 11.5 Å². The Morgan fingerprint density at radius 2 is 1.46 bits per heavy atom. The van der Waals surface area contributed by atoms with Gasteiger partial charge in [-0.25, -0.2) is 0 Å². The van der Waals surface area contributed by atoms with Crippen LogP contribution in [0.3, 0.4) is 0 Å². The summed E-state index contributed by atoms with van der Waals surface area (Å²) in [5, 5.41) is 3.08. The molecule has 0 aliphatic carbocycles. The van der Waals surface area contributed by atoms with E-state index in [0.29, 0.717) is 6.61 Å². The molecule has 0 saturated carbocycles. The molecule has 0 aliphatic rings. The third-order valence-corrected chi connectivity index (χ3v) is 3.48. The average Bonchev–Trinajstić information content (AvgIpc) is 2.59. The zero-order valence-corrected chi connectivity index (χ0v) is 15.0. The van der Waals surface area contributed by atoms with E-state index < -0.39 is 0 Å². The number of unbranched alkanes of at least 4 members (excludes halogenated alkanes) is 3. The fourth-order valence-electron chi connectivity index (χ4n) is 2.12. The summed E-state index contributed by atoms with van der Waals surface area (Å²) in [6, 6.07) is 7.96. The quantitative estimate of drug-likeness (QED) is 0.495. The van der Waals surface area contributed by atoms with E-state index in [2.05, 4.69) is 5.32 Å². The Bertz CT molecular complexity index is 433. The van der Waals surface area contributed by atoms with E-state index in [1.165, 1.54) is 0 Å². The zero-order chi connectivity index (χ0) is 17.5. The number of Topliss-reactive ketones (excluding diaryl/α,β-unsaturated/α-hetero) is 1. The van der Waals surface area contributed by atoms with Crippen LogP contribution in [0.25, 0.3) is 0 Å². The Hall–Kier alpha value is -1.59. The van der Waals surface area contributed by atoms with E-state index in [0.717, 1.165) is 63.4 Å². The first-order chi connectivity index (χ1) is 11.7. The number of hydrogen-bond donors (Lipinski definition) is 1. The average molecular weight is 337 g/mol. The molecule has 0 saturated heterocycles. The van der Waals surface area contributed by atoms with Crippen LogP contribution in [0.1, 0.15) is 39.0 Å². The number of benzene rings is 1. The Labute approximate surface area is 145 Å². The number of carbonyl (C=O) groups is 1. The van der Waals surface area contributed by atoms with E-state index in [1.54, 1.807) is 6.92 Å². The minimum atomic E-state index is 0.0808. The highest BCUT2D eigenvalue weighted by atomic mass is 16.5. The van der Waals surface area contributed by atoms with Gasteiger partial charge >= 0.3 is 0 Å². The van der Waals surface area contributed by atoms with Crippen LogP contribution >= 0.6 is 0 Å². The summed E-state index contributed by atoms with van der Waals surface area (Å²) < 4.78 is 16.5. The van der Waals surface area contributed by atoms with Gasteiger partial charge in [-0.3, -0.25) is 4.79 Å². The normalized spacial score (nSPS) is 10.6. The van der Waals surface area contributed by atoms with Crippen LogP contribution in [0.15, 0.2) is 24.3 Å². The molecule has 0 fully saturated rings. The van der Waals surface area contributed by atoms with Crippen molar-refractivity contribution in [3.05, 3.63) is 24.3 Å². The molecule has 0 bridgehead atoms. The van der Waals surface area contributed by atoms with Gasteiger partial charge in [0.1, 0.15) is 12.4 Å². The molecule has 5 heteroatoms. The lowest BCUT2D eigenvalue weighted by atomic mass is 10.2. The molecule has 0 atom stereocenters. The van der Waals surface area contributed by atoms with Gasteiger partial charge < -0.3 is 19.5 Å². The smallest absolute Gasteiger partial charge is 0.155 e. The molecule has 5 nitrogen and oxygen atoms in total. The molecule has 136 valence electrons. The molecule has 1 aromatic rings. The van der Waals surface area contributed by atoms with Crippen molar-refractivity contribution in [2.45, 2.75) is 39.0 Å².